The molecule has 2 rings (SSSR count). The van der Waals surface area contributed by atoms with Gasteiger partial charge in [-0.3, -0.25) is 4.79 Å². The summed E-state index contributed by atoms with van der Waals surface area (Å²) in [7, 11) is 0. The highest BCUT2D eigenvalue weighted by molar-refractivity contribution is 5.95. The summed E-state index contributed by atoms with van der Waals surface area (Å²) in [6.07, 6.45) is 1.57. The largest absolute Gasteiger partial charge is 0.462 e. The molecule has 0 fully saturated rings. The Bertz CT molecular complexity index is 712. The number of carbonyl (C=O) groups is 2. The van der Waals surface area contributed by atoms with Crippen LogP contribution < -0.4 is 10.6 Å². The second-order valence-corrected chi connectivity index (χ2v) is 5.48. The summed E-state index contributed by atoms with van der Waals surface area (Å²) < 4.78 is 4.94. The Hall–Kier alpha value is -2.89. The van der Waals surface area contributed by atoms with Gasteiger partial charge in [-0.05, 0) is 57.2 Å². The summed E-state index contributed by atoms with van der Waals surface area (Å²) in [6.45, 7) is 5.92. The molecule has 0 aliphatic rings. The fraction of sp³-hybridized carbons (Fsp3) is 0.278. The Morgan fingerprint density at radius 2 is 1.83 bits per heavy atom. The van der Waals surface area contributed by atoms with Crippen LogP contribution in [-0.4, -0.2) is 29.5 Å². The first-order chi connectivity index (χ1) is 11.5. The molecule has 6 heteroatoms. The van der Waals surface area contributed by atoms with Gasteiger partial charge in [0, 0.05) is 23.5 Å². The number of anilines is 2. The van der Waals surface area contributed by atoms with Crippen LogP contribution in [0.15, 0.2) is 42.6 Å². The van der Waals surface area contributed by atoms with Crippen LogP contribution in [0.1, 0.15) is 41.5 Å². The Morgan fingerprint density at radius 3 is 2.46 bits per heavy atom. The minimum Gasteiger partial charge on any atom is -0.462 e. The van der Waals surface area contributed by atoms with Crippen molar-refractivity contribution in [3.05, 3.63) is 53.7 Å². The number of aromatic nitrogens is 1. The third-order valence-corrected chi connectivity index (χ3v) is 3.11. The first-order valence-electron chi connectivity index (χ1n) is 7.80. The van der Waals surface area contributed by atoms with Gasteiger partial charge in [-0.2, -0.15) is 0 Å². The van der Waals surface area contributed by atoms with Crippen molar-refractivity contribution in [1.82, 2.24) is 10.3 Å². The van der Waals surface area contributed by atoms with Crippen LogP contribution in [0.2, 0.25) is 0 Å². The molecule has 126 valence electrons. The number of amides is 1. The van der Waals surface area contributed by atoms with E-state index in [9.17, 15) is 9.59 Å². The van der Waals surface area contributed by atoms with Crippen LogP contribution >= 0.6 is 0 Å². The molecule has 1 aromatic heterocycles. The van der Waals surface area contributed by atoms with Crippen molar-refractivity contribution in [3.63, 3.8) is 0 Å². The maximum Gasteiger partial charge on any atom is 0.338 e. The first kappa shape index (κ1) is 17.5. The van der Waals surface area contributed by atoms with E-state index in [4.69, 9.17) is 4.74 Å². The fourth-order valence-corrected chi connectivity index (χ4v) is 2.04. The molecular formula is C18H21N3O3. The Labute approximate surface area is 141 Å². The van der Waals surface area contributed by atoms with Gasteiger partial charge < -0.3 is 15.4 Å². The van der Waals surface area contributed by atoms with E-state index in [2.05, 4.69) is 15.6 Å². The predicted octanol–water partition coefficient (Wildman–Crippen LogP) is 3.14. The van der Waals surface area contributed by atoms with Crippen molar-refractivity contribution in [3.8, 4) is 0 Å². The second kappa shape index (κ2) is 8.10. The van der Waals surface area contributed by atoms with Gasteiger partial charge in [-0.1, -0.05) is 0 Å². The number of hydrogen-bond donors (Lipinski definition) is 2. The molecule has 1 aromatic carbocycles. The van der Waals surface area contributed by atoms with Crippen molar-refractivity contribution in [2.45, 2.75) is 26.8 Å². The molecular weight excluding hydrogens is 306 g/mol. The zero-order chi connectivity index (χ0) is 17.5. The van der Waals surface area contributed by atoms with Crippen LogP contribution in [-0.2, 0) is 4.74 Å². The smallest absolute Gasteiger partial charge is 0.338 e. The lowest BCUT2D eigenvalue weighted by atomic mass is 10.2. The summed E-state index contributed by atoms with van der Waals surface area (Å²) in [5, 5.41) is 5.94. The molecule has 0 saturated heterocycles. The van der Waals surface area contributed by atoms with Gasteiger partial charge in [-0.25, -0.2) is 9.78 Å². The maximum absolute atomic E-state index is 12.0. The van der Waals surface area contributed by atoms with E-state index < -0.39 is 0 Å². The van der Waals surface area contributed by atoms with Crippen LogP contribution in [0.3, 0.4) is 0 Å². The number of esters is 1. The van der Waals surface area contributed by atoms with Gasteiger partial charge in [0.15, 0.2) is 0 Å². The van der Waals surface area contributed by atoms with E-state index in [1.165, 1.54) is 0 Å². The van der Waals surface area contributed by atoms with Gasteiger partial charge in [0.1, 0.15) is 5.82 Å². The van der Waals surface area contributed by atoms with Crippen molar-refractivity contribution < 1.29 is 14.3 Å². The molecule has 0 aliphatic heterocycles. The number of pyridine rings is 1. The molecule has 0 aliphatic carbocycles. The molecule has 0 spiro atoms. The second-order valence-electron chi connectivity index (χ2n) is 5.48. The molecule has 2 N–H and O–H groups in total. The number of rotatable bonds is 6. The number of carbonyl (C=O) groups excluding carboxylic acids is 2. The van der Waals surface area contributed by atoms with Crippen molar-refractivity contribution in [1.29, 1.82) is 0 Å². The van der Waals surface area contributed by atoms with Gasteiger partial charge in [0.25, 0.3) is 5.91 Å². The monoisotopic (exact) mass is 327 g/mol. The van der Waals surface area contributed by atoms with Gasteiger partial charge >= 0.3 is 5.97 Å². The normalized spacial score (nSPS) is 10.3. The molecule has 1 amide bonds. The zero-order valence-corrected chi connectivity index (χ0v) is 14.0. The summed E-state index contributed by atoms with van der Waals surface area (Å²) in [5.41, 5.74) is 1.78. The fourth-order valence-electron chi connectivity index (χ4n) is 2.04. The van der Waals surface area contributed by atoms with E-state index >= 15 is 0 Å². The summed E-state index contributed by atoms with van der Waals surface area (Å²) >= 11 is 0. The average molecular weight is 327 g/mol. The topological polar surface area (TPSA) is 80.3 Å². The molecule has 2 aromatic rings. The van der Waals surface area contributed by atoms with Crippen LogP contribution in [0.4, 0.5) is 11.5 Å². The van der Waals surface area contributed by atoms with Crippen molar-refractivity contribution in [2.75, 3.05) is 11.9 Å². The lowest BCUT2D eigenvalue weighted by Crippen LogP contribution is -2.30. The SMILES string of the molecule is CCOC(=O)c1ccc(Nc2cc(C(=O)NC(C)C)ccn2)cc1. The molecule has 0 atom stereocenters. The maximum atomic E-state index is 12.0. The summed E-state index contributed by atoms with van der Waals surface area (Å²) in [4.78, 5) is 27.8. The molecule has 0 radical (unpaired) electrons. The molecule has 1 heterocycles. The highest BCUT2D eigenvalue weighted by atomic mass is 16.5. The molecule has 0 unspecified atom stereocenters. The standard InChI is InChI=1S/C18H21N3O3/c1-4-24-18(23)13-5-7-15(8-6-13)21-16-11-14(9-10-19-16)17(22)20-12(2)3/h5-12H,4H2,1-3H3,(H,19,21)(H,20,22). The molecule has 6 nitrogen and oxygen atoms in total. The first-order valence-corrected chi connectivity index (χ1v) is 7.80. The lowest BCUT2D eigenvalue weighted by molar-refractivity contribution is 0.0526. The molecule has 24 heavy (non-hydrogen) atoms. The lowest BCUT2D eigenvalue weighted by Gasteiger charge is -2.10. The van der Waals surface area contributed by atoms with Crippen LogP contribution in [0, 0.1) is 0 Å². The van der Waals surface area contributed by atoms with E-state index in [1.54, 1.807) is 49.5 Å². The van der Waals surface area contributed by atoms with Crippen LogP contribution in [0.25, 0.3) is 0 Å². The summed E-state index contributed by atoms with van der Waals surface area (Å²) in [5.74, 6) is 0.0536. The number of nitrogens with one attached hydrogen (secondary N) is 2. The quantitative estimate of drug-likeness (QED) is 0.797. The minimum atomic E-state index is -0.352. The Kier molecular flexibility index (Phi) is 5.89. The van der Waals surface area contributed by atoms with Crippen LogP contribution in [0.5, 0.6) is 0 Å². The number of ether oxygens (including phenoxy) is 1. The Morgan fingerprint density at radius 1 is 1.12 bits per heavy atom. The van der Waals surface area contributed by atoms with E-state index in [1.807, 2.05) is 13.8 Å². The number of benzene rings is 1. The Balaban J connectivity index is 2.08. The molecule has 0 bridgehead atoms. The molecule has 0 saturated carbocycles. The predicted molar refractivity (Wildman–Crippen MR) is 92.5 cm³/mol. The highest BCUT2D eigenvalue weighted by Crippen LogP contribution is 2.17. The van der Waals surface area contributed by atoms with E-state index in [-0.39, 0.29) is 17.9 Å². The van der Waals surface area contributed by atoms with E-state index in [0.717, 1.165) is 5.69 Å². The van der Waals surface area contributed by atoms with Crippen molar-refractivity contribution >= 4 is 23.4 Å². The number of nitrogens with zero attached hydrogens (tertiary/aromatic N) is 1. The average Bonchev–Trinajstić information content (AvgIpc) is 2.55. The zero-order valence-electron chi connectivity index (χ0n) is 14.0. The third kappa shape index (κ3) is 4.81. The number of hydrogen-bond acceptors (Lipinski definition) is 5. The third-order valence-electron chi connectivity index (χ3n) is 3.11. The summed E-state index contributed by atoms with van der Waals surface area (Å²) in [6, 6.07) is 10.3. The van der Waals surface area contributed by atoms with E-state index in [0.29, 0.717) is 23.6 Å². The van der Waals surface area contributed by atoms with Gasteiger partial charge in [-0.15, -0.1) is 0 Å². The van der Waals surface area contributed by atoms with Gasteiger partial charge in [0.05, 0.1) is 12.2 Å². The minimum absolute atomic E-state index is 0.0671. The van der Waals surface area contributed by atoms with Crippen molar-refractivity contribution in [2.24, 2.45) is 0 Å². The highest BCUT2D eigenvalue weighted by Gasteiger charge is 2.09. The van der Waals surface area contributed by atoms with Gasteiger partial charge in [0.2, 0.25) is 0 Å².